The highest BCUT2D eigenvalue weighted by atomic mass is 35.5. The summed E-state index contributed by atoms with van der Waals surface area (Å²) in [4.78, 5) is 2.44. The number of halogens is 2. The molecule has 1 fully saturated rings. The first-order valence-electron chi connectivity index (χ1n) is 7.45. The molecule has 114 valence electrons. The molecule has 21 heavy (non-hydrogen) atoms. The standard InChI is InChI=1S/C18H23ClFN/c1-4-5-6-7-12-21-13-11-15(18(21,2)3)14-9-8-10-16(19)17(14)20/h4-6,8-10,15H,1,7,11-13H2,2-3H3/b6-5-. The third-order valence-electron chi connectivity index (χ3n) is 4.55. The molecule has 0 amide bonds. The van der Waals surface area contributed by atoms with Crippen molar-refractivity contribution >= 4 is 11.6 Å². The molecule has 1 aromatic carbocycles. The summed E-state index contributed by atoms with van der Waals surface area (Å²) in [6, 6.07) is 5.32. The van der Waals surface area contributed by atoms with Gasteiger partial charge >= 0.3 is 0 Å². The zero-order valence-electron chi connectivity index (χ0n) is 12.8. The summed E-state index contributed by atoms with van der Waals surface area (Å²) in [5, 5.41) is 0.218. The molecule has 1 saturated heterocycles. The van der Waals surface area contributed by atoms with Crippen LogP contribution in [0.2, 0.25) is 5.02 Å². The highest BCUT2D eigenvalue weighted by Crippen LogP contribution is 2.43. The number of benzene rings is 1. The molecule has 1 nitrogen and oxygen atoms in total. The van der Waals surface area contributed by atoms with Gasteiger partial charge in [0.2, 0.25) is 0 Å². The van der Waals surface area contributed by atoms with E-state index >= 15 is 0 Å². The SMILES string of the molecule is C=C/C=C\CCN1CCC(c2cccc(Cl)c2F)C1(C)C. The predicted molar refractivity (Wildman–Crippen MR) is 88.4 cm³/mol. The predicted octanol–water partition coefficient (Wildman–Crippen LogP) is 5.18. The first kappa shape index (κ1) is 16.3. The number of hydrogen-bond donors (Lipinski definition) is 0. The summed E-state index contributed by atoms with van der Waals surface area (Å²) in [7, 11) is 0. The molecule has 1 atom stereocenters. The Labute approximate surface area is 132 Å². The highest BCUT2D eigenvalue weighted by molar-refractivity contribution is 6.30. The lowest BCUT2D eigenvalue weighted by Crippen LogP contribution is -2.42. The molecule has 1 heterocycles. The Kier molecular flexibility index (Phi) is 5.23. The zero-order valence-corrected chi connectivity index (χ0v) is 13.5. The lowest BCUT2D eigenvalue weighted by molar-refractivity contribution is 0.163. The summed E-state index contributed by atoms with van der Waals surface area (Å²) < 4.78 is 14.3. The molecule has 0 spiro atoms. The molecule has 1 aromatic rings. The summed E-state index contributed by atoms with van der Waals surface area (Å²) >= 11 is 5.93. The third kappa shape index (κ3) is 3.38. The number of hydrogen-bond acceptors (Lipinski definition) is 1. The van der Waals surface area contributed by atoms with E-state index < -0.39 is 0 Å². The van der Waals surface area contributed by atoms with Crippen LogP contribution >= 0.6 is 11.6 Å². The Hall–Kier alpha value is -1.12. The van der Waals surface area contributed by atoms with Crippen LogP contribution in [0.25, 0.3) is 0 Å². The van der Waals surface area contributed by atoms with E-state index in [0.29, 0.717) is 0 Å². The fraction of sp³-hybridized carbons (Fsp3) is 0.444. The minimum Gasteiger partial charge on any atom is -0.297 e. The van der Waals surface area contributed by atoms with Gasteiger partial charge in [-0.05, 0) is 44.9 Å². The molecule has 0 aromatic heterocycles. The van der Waals surface area contributed by atoms with Gasteiger partial charge in [-0.3, -0.25) is 4.90 Å². The van der Waals surface area contributed by atoms with Gasteiger partial charge in [0.25, 0.3) is 0 Å². The van der Waals surface area contributed by atoms with Gasteiger partial charge in [0.05, 0.1) is 5.02 Å². The van der Waals surface area contributed by atoms with Gasteiger partial charge in [-0.15, -0.1) is 0 Å². The maximum absolute atomic E-state index is 14.3. The Morgan fingerprint density at radius 2 is 2.24 bits per heavy atom. The van der Waals surface area contributed by atoms with Gasteiger partial charge in [-0.25, -0.2) is 4.39 Å². The largest absolute Gasteiger partial charge is 0.297 e. The summed E-state index contributed by atoms with van der Waals surface area (Å²) in [5.74, 6) is -0.0785. The zero-order chi connectivity index (χ0) is 15.5. The fourth-order valence-electron chi connectivity index (χ4n) is 3.30. The minimum atomic E-state index is -0.259. The Bertz CT molecular complexity index is 536. The van der Waals surface area contributed by atoms with Crippen molar-refractivity contribution in [2.24, 2.45) is 0 Å². The maximum Gasteiger partial charge on any atom is 0.145 e. The molecule has 0 N–H and O–H groups in total. The second-order valence-electron chi connectivity index (χ2n) is 6.08. The summed E-state index contributed by atoms with van der Waals surface area (Å²) in [6.45, 7) is 10.0. The van der Waals surface area contributed by atoms with Crippen LogP contribution < -0.4 is 0 Å². The number of nitrogens with zero attached hydrogens (tertiary/aromatic N) is 1. The van der Waals surface area contributed by atoms with Crippen LogP contribution in [0.3, 0.4) is 0 Å². The summed E-state index contributed by atoms with van der Waals surface area (Å²) in [6.07, 6.45) is 7.84. The topological polar surface area (TPSA) is 3.24 Å². The molecule has 1 unspecified atom stereocenters. The van der Waals surface area contributed by atoms with E-state index in [0.717, 1.165) is 31.5 Å². The Balaban J connectivity index is 2.14. The smallest absolute Gasteiger partial charge is 0.145 e. The number of likely N-dealkylation sites (tertiary alicyclic amines) is 1. The van der Waals surface area contributed by atoms with Gasteiger partial charge in [0.1, 0.15) is 5.82 Å². The van der Waals surface area contributed by atoms with Gasteiger partial charge in [0.15, 0.2) is 0 Å². The second-order valence-corrected chi connectivity index (χ2v) is 6.48. The third-order valence-corrected chi connectivity index (χ3v) is 4.84. The van der Waals surface area contributed by atoms with E-state index in [-0.39, 0.29) is 22.3 Å². The van der Waals surface area contributed by atoms with Gasteiger partial charge in [-0.2, -0.15) is 0 Å². The molecule has 0 bridgehead atoms. The van der Waals surface area contributed by atoms with Crippen molar-refractivity contribution in [3.05, 3.63) is 59.4 Å². The van der Waals surface area contributed by atoms with Crippen molar-refractivity contribution < 1.29 is 4.39 Å². The van der Waals surface area contributed by atoms with E-state index in [9.17, 15) is 4.39 Å². The van der Waals surface area contributed by atoms with Crippen LogP contribution in [-0.4, -0.2) is 23.5 Å². The van der Waals surface area contributed by atoms with E-state index in [2.05, 4.69) is 31.4 Å². The fourth-order valence-corrected chi connectivity index (χ4v) is 3.48. The molecule has 0 aliphatic carbocycles. The highest BCUT2D eigenvalue weighted by Gasteiger charge is 2.42. The molecule has 0 saturated carbocycles. The monoisotopic (exact) mass is 307 g/mol. The quantitative estimate of drug-likeness (QED) is 0.678. The van der Waals surface area contributed by atoms with Crippen molar-refractivity contribution in [2.45, 2.75) is 38.1 Å². The van der Waals surface area contributed by atoms with E-state index in [4.69, 9.17) is 11.6 Å². The van der Waals surface area contributed by atoms with Crippen LogP contribution in [0, 0.1) is 5.82 Å². The molecule has 0 radical (unpaired) electrons. The van der Waals surface area contributed by atoms with Crippen molar-refractivity contribution in [3.8, 4) is 0 Å². The van der Waals surface area contributed by atoms with Crippen LogP contribution in [-0.2, 0) is 0 Å². The molecule has 1 aliphatic heterocycles. The number of rotatable bonds is 5. The van der Waals surface area contributed by atoms with Crippen molar-refractivity contribution in [3.63, 3.8) is 0 Å². The van der Waals surface area contributed by atoms with E-state index in [1.165, 1.54) is 0 Å². The van der Waals surface area contributed by atoms with Crippen molar-refractivity contribution in [2.75, 3.05) is 13.1 Å². The molecule has 1 aliphatic rings. The van der Waals surface area contributed by atoms with Gasteiger partial charge in [-0.1, -0.05) is 48.5 Å². The second kappa shape index (κ2) is 6.76. The molecule has 2 rings (SSSR count). The molecular formula is C18H23ClFN. The first-order valence-corrected chi connectivity index (χ1v) is 7.82. The van der Waals surface area contributed by atoms with E-state index in [1.807, 2.05) is 18.2 Å². The number of allylic oxidation sites excluding steroid dienone is 2. The maximum atomic E-state index is 14.3. The van der Waals surface area contributed by atoms with E-state index in [1.54, 1.807) is 12.1 Å². The summed E-state index contributed by atoms with van der Waals surface area (Å²) in [5.41, 5.74) is 0.685. The molecular weight excluding hydrogens is 285 g/mol. The first-order chi connectivity index (χ1) is 9.98. The minimum absolute atomic E-state index is 0.0620. The van der Waals surface area contributed by atoms with Crippen LogP contribution in [0.4, 0.5) is 4.39 Å². The van der Waals surface area contributed by atoms with Crippen LogP contribution in [0.15, 0.2) is 43.0 Å². The van der Waals surface area contributed by atoms with Crippen molar-refractivity contribution in [1.29, 1.82) is 0 Å². The lowest BCUT2D eigenvalue weighted by atomic mass is 9.82. The average Bonchev–Trinajstić information content (AvgIpc) is 2.73. The van der Waals surface area contributed by atoms with Crippen molar-refractivity contribution in [1.82, 2.24) is 4.90 Å². The Morgan fingerprint density at radius 3 is 2.95 bits per heavy atom. The Morgan fingerprint density at radius 1 is 1.48 bits per heavy atom. The van der Waals surface area contributed by atoms with Crippen LogP contribution in [0.5, 0.6) is 0 Å². The lowest BCUT2D eigenvalue weighted by Gasteiger charge is -2.36. The van der Waals surface area contributed by atoms with Gasteiger partial charge in [0, 0.05) is 18.0 Å². The molecule has 3 heteroatoms. The van der Waals surface area contributed by atoms with Crippen LogP contribution in [0.1, 0.15) is 38.2 Å². The normalized spacial score (nSPS) is 22.0. The van der Waals surface area contributed by atoms with Gasteiger partial charge < -0.3 is 0 Å². The average molecular weight is 308 g/mol.